The summed E-state index contributed by atoms with van der Waals surface area (Å²) in [5.74, 6) is 1.96. The molecule has 3 rings (SSSR count). The molecule has 1 N–H and O–H groups in total. The third kappa shape index (κ3) is 3.66. The third-order valence-electron chi connectivity index (χ3n) is 3.95. The van der Waals surface area contributed by atoms with E-state index >= 15 is 0 Å². The summed E-state index contributed by atoms with van der Waals surface area (Å²) in [7, 11) is 0. The molecule has 1 aromatic carbocycles. The second-order valence-electron chi connectivity index (χ2n) is 5.60. The van der Waals surface area contributed by atoms with Gasteiger partial charge in [-0.1, -0.05) is 12.1 Å². The standard InChI is InChI=1S/C15H19F2NO/c16-15(17)19-13-7-1-10(2-8-13)9-18-14(11-3-4-11)12-5-6-12/h1-2,7-8,11-12,14-15,18H,3-6,9H2. The van der Waals surface area contributed by atoms with Crippen molar-refractivity contribution in [2.45, 2.75) is 44.9 Å². The topological polar surface area (TPSA) is 21.3 Å². The number of halogens is 2. The fourth-order valence-corrected chi connectivity index (χ4v) is 2.65. The lowest BCUT2D eigenvalue weighted by Gasteiger charge is -2.17. The molecule has 0 aromatic heterocycles. The lowest BCUT2D eigenvalue weighted by Crippen LogP contribution is -2.32. The molecular weight excluding hydrogens is 248 g/mol. The molecule has 2 fully saturated rings. The van der Waals surface area contributed by atoms with Gasteiger partial charge in [-0.3, -0.25) is 0 Å². The molecule has 2 aliphatic rings. The summed E-state index contributed by atoms with van der Waals surface area (Å²) in [6.07, 6.45) is 5.43. The van der Waals surface area contributed by atoms with Crippen molar-refractivity contribution in [3.63, 3.8) is 0 Å². The molecule has 0 amide bonds. The van der Waals surface area contributed by atoms with Gasteiger partial charge in [0.05, 0.1) is 0 Å². The quantitative estimate of drug-likeness (QED) is 0.815. The molecule has 0 atom stereocenters. The fourth-order valence-electron chi connectivity index (χ4n) is 2.65. The second kappa shape index (κ2) is 5.45. The third-order valence-corrected chi connectivity index (χ3v) is 3.95. The van der Waals surface area contributed by atoms with Crippen LogP contribution in [0.1, 0.15) is 31.2 Å². The van der Waals surface area contributed by atoms with Crippen LogP contribution in [0.3, 0.4) is 0 Å². The molecule has 2 aliphatic carbocycles. The van der Waals surface area contributed by atoms with E-state index in [4.69, 9.17) is 0 Å². The maximum absolute atomic E-state index is 12.0. The maximum Gasteiger partial charge on any atom is 0.387 e. The van der Waals surface area contributed by atoms with Gasteiger partial charge in [-0.2, -0.15) is 8.78 Å². The highest BCUT2D eigenvalue weighted by molar-refractivity contribution is 5.27. The number of nitrogens with one attached hydrogen (secondary N) is 1. The van der Waals surface area contributed by atoms with Crippen molar-refractivity contribution in [2.24, 2.45) is 11.8 Å². The van der Waals surface area contributed by atoms with Crippen molar-refractivity contribution >= 4 is 0 Å². The molecule has 104 valence electrons. The molecule has 0 heterocycles. The number of hydrogen-bond donors (Lipinski definition) is 1. The van der Waals surface area contributed by atoms with Crippen molar-refractivity contribution in [3.05, 3.63) is 29.8 Å². The van der Waals surface area contributed by atoms with Gasteiger partial charge in [0.15, 0.2) is 0 Å². The van der Waals surface area contributed by atoms with Gasteiger partial charge in [-0.05, 0) is 55.2 Å². The average molecular weight is 267 g/mol. The number of alkyl halides is 2. The Kier molecular flexibility index (Phi) is 3.69. The molecule has 0 spiro atoms. The first kappa shape index (κ1) is 12.9. The van der Waals surface area contributed by atoms with Crippen LogP contribution in [0.4, 0.5) is 8.78 Å². The molecule has 0 unspecified atom stereocenters. The normalized spacial score (nSPS) is 19.2. The first-order valence-electron chi connectivity index (χ1n) is 6.99. The first-order valence-corrected chi connectivity index (χ1v) is 6.99. The summed E-state index contributed by atoms with van der Waals surface area (Å²) in [5.41, 5.74) is 1.12. The van der Waals surface area contributed by atoms with Gasteiger partial charge >= 0.3 is 6.61 Å². The van der Waals surface area contributed by atoms with Crippen LogP contribution in [0.25, 0.3) is 0 Å². The number of ether oxygens (including phenoxy) is 1. The van der Waals surface area contributed by atoms with E-state index in [0.29, 0.717) is 6.04 Å². The fraction of sp³-hybridized carbons (Fsp3) is 0.600. The van der Waals surface area contributed by atoms with E-state index in [1.807, 2.05) is 12.1 Å². The first-order chi connectivity index (χ1) is 9.22. The summed E-state index contributed by atoms with van der Waals surface area (Å²) in [4.78, 5) is 0. The van der Waals surface area contributed by atoms with Crippen LogP contribution in [0, 0.1) is 11.8 Å². The van der Waals surface area contributed by atoms with E-state index in [0.717, 1.165) is 23.9 Å². The Balaban J connectivity index is 1.51. The number of benzene rings is 1. The minimum Gasteiger partial charge on any atom is -0.435 e. The lowest BCUT2D eigenvalue weighted by molar-refractivity contribution is -0.0498. The lowest BCUT2D eigenvalue weighted by atomic mass is 10.1. The summed E-state index contributed by atoms with van der Waals surface area (Å²) >= 11 is 0. The Morgan fingerprint density at radius 2 is 1.63 bits per heavy atom. The second-order valence-corrected chi connectivity index (χ2v) is 5.60. The summed E-state index contributed by atoms with van der Waals surface area (Å²) in [6, 6.07) is 7.57. The van der Waals surface area contributed by atoms with E-state index in [-0.39, 0.29) is 5.75 Å². The average Bonchev–Trinajstić information content (AvgIpc) is 3.25. The van der Waals surface area contributed by atoms with Crippen LogP contribution in [-0.4, -0.2) is 12.7 Å². The van der Waals surface area contributed by atoms with E-state index < -0.39 is 6.61 Å². The van der Waals surface area contributed by atoms with Gasteiger partial charge in [0.25, 0.3) is 0 Å². The van der Waals surface area contributed by atoms with E-state index in [1.165, 1.54) is 25.7 Å². The molecule has 1 aromatic rings. The van der Waals surface area contributed by atoms with Gasteiger partial charge in [-0.15, -0.1) is 0 Å². The van der Waals surface area contributed by atoms with Crippen LogP contribution >= 0.6 is 0 Å². The smallest absolute Gasteiger partial charge is 0.387 e. The van der Waals surface area contributed by atoms with Crippen LogP contribution in [0.5, 0.6) is 5.75 Å². The van der Waals surface area contributed by atoms with Crippen molar-refractivity contribution in [2.75, 3.05) is 0 Å². The molecule has 2 saturated carbocycles. The molecular formula is C15H19F2NO. The molecule has 19 heavy (non-hydrogen) atoms. The van der Waals surface area contributed by atoms with Crippen molar-refractivity contribution in [3.8, 4) is 5.75 Å². The monoisotopic (exact) mass is 267 g/mol. The molecule has 0 radical (unpaired) electrons. The Labute approximate surface area is 112 Å². The summed E-state index contributed by atoms with van der Waals surface area (Å²) in [5, 5.41) is 3.63. The SMILES string of the molecule is FC(F)Oc1ccc(CNC(C2CC2)C2CC2)cc1. The van der Waals surface area contributed by atoms with Crippen LogP contribution in [-0.2, 0) is 6.54 Å². The Bertz CT molecular complexity index is 401. The van der Waals surface area contributed by atoms with E-state index in [1.54, 1.807) is 12.1 Å². The van der Waals surface area contributed by atoms with Gasteiger partial charge in [0.1, 0.15) is 5.75 Å². The molecule has 0 bridgehead atoms. The molecule has 4 heteroatoms. The molecule has 0 aliphatic heterocycles. The summed E-state index contributed by atoms with van der Waals surface area (Å²) in [6.45, 7) is -1.94. The number of hydrogen-bond acceptors (Lipinski definition) is 2. The Hall–Kier alpha value is -1.16. The van der Waals surface area contributed by atoms with Crippen molar-refractivity contribution < 1.29 is 13.5 Å². The zero-order valence-electron chi connectivity index (χ0n) is 10.8. The highest BCUT2D eigenvalue weighted by Gasteiger charge is 2.40. The van der Waals surface area contributed by atoms with Crippen molar-refractivity contribution in [1.29, 1.82) is 0 Å². The Morgan fingerprint density at radius 1 is 1.05 bits per heavy atom. The minimum atomic E-state index is -2.75. The van der Waals surface area contributed by atoms with E-state index in [2.05, 4.69) is 10.1 Å². The van der Waals surface area contributed by atoms with E-state index in [9.17, 15) is 8.78 Å². The summed E-state index contributed by atoms with van der Waals surface area (Å²) < 4.78 is 28.4. The molecule has 0 saturated heterocycles. The minimum absolute atomic E-state index is 0.222. The predicted octanol–water partition coefficient (Wildman–Crippen LogP) is 3.57. The van der Waals surface area contributed by atoms with Crippen LogP contribution in [0.2, 0.25) is 0 Å². The maximum atomic E-state index is 12.0. The van der Waals surface area contributed by atoms with Gasteiger partial charge in [-0.25, -0.2) is 0 Å². The zero-order chi connectivity index (χ0) is 13.2. The van der Waals surface area contributed by atoms with Gasteiger partial charge in [0, 0.05) is 12.6 Å². The van der Waals surface area contributed by atoms with Crippen molar-refractivity contribution in [1.82, 2.24) is 5.32 Å². The van der Waals surface area contributed by atoms with Gasteiger partial charge in [0.2, 0.25) is 0 Å². The number of rotatable bonds is 7. The highest BCUT2D eigenvalue weighted by atomic mass is 19.3. The predicted molar refractivity (Wildman–Crippen MR) is 69.1 cm³/mol. The zero-order valence-corrected chi connectivity index (χ0v) is 10.8. The van der Waals surface area contributed by atoms with Crippen LogP contribution < -0.4 is 10.1 Å². The molecule has 2 nitrogen and oxygen atoms in total. The van der Waals surface area contributed by atoms with Gasteiger partial charge < -0.3 is 10.1 Å². The Morgan fingerprint density at radius 3 is 2.11 bits per heavy atom. The largest absolute Gasteiger partial charge is 0.435 e. The van der Waals surface area contributed by atoms with Crippen LogP contribution in [0.15, 0.2) is 24.3 Å². The highest BCUT2D eigenvalue weighted by Crippen LogP contribution is 2.44.